The highest BCUT2D eigenvalue weighted by Crippen LogP contribution is 2.34. The molecule has 0 bridgehead atoms. The predicted octanol–water partition coefficient (Wildman–Crippen LogP) is 3.31. The molecule has 0 spiro atoms. The number of aromatic nitrogens is 1. The molecule has 23 heavy (non-hydrogen) atoms. The number of carboxylic acids is 1. The van der Waals surface area contributed by atoms with Gasteiger partial charge in [0.25, 0.3) is 0 Å². The molecule has 0 aliphatic rings. The Bertz CT molecular complexity index is 673. The highest BCUT2D eigenvalue weighted by Gasteiger charge is 2.10. The molecular weight excluding hydrogens is 296 g/mol. The zero-order chi connectivity index (χ0) is 16.7. The third-order valence-corrected chi connectivity index (χ3v) is 3.29. The zero-order valence-electron chi connectivity index (χ0n) is 13.5. The van der Waals surface area contributed by atoms with Gasteiger partial charge in [0.05, 0.1) is 18.7 Å². The van der Waals surface area contributed by atoms with Gasteiger partial charge in [-0.3, -0.25) is 9.78 Å². The van der Waals surface area contributed by atoms with Gasteiger partial charge in [0.15, 0.2) is 11.5 Å². The standard InChI is InChI=1S/C17H22N2O4/c1-3-22-15-10-12-13(18-8-5-6-17(20)21)7-9-19-14(12)11-16(15)23-4-2/h7,9-11H,3-6,8H2,1-2H3,(H,18,19)(H,20,21). The van der Waals surface area contributed by atoms with Crippen molar-refractivity contribution < 1.29 is 19.4 Å². The summed E-state index contributed by atoms with van der Waals surface area (Å²) in [5.74, 6) is 0.576. The van der Waals surface area contributed by atoms with E-state index in [9.17, 15) is 4.79 Å². The largest absolute Gasteiger partial charge is 0.490 e. The Hall–Kier alpha value is -2.50. The number of pyridine rings is 1. The summed E-state index contributed by atoms with van der Waals surface area (Å²) in [4.78, 5) is 14.9. The van der Waals surface area contributed by atoms with E-state index in [2.05, 4.69) is 10.3 Å². The maximum atomic E-state index is 10.6. The fraction of sp³-hybridized carbons (Fsp3) is 0.412. The van der Waals surface area contributed by atoms with Crippen LogP contribution in [0.2, 0.25) is 0 Å². The summed E-state index contributed by atoms with van der Waals surface area (Å²) in [6.45, 7) is 5.54. The first-order valence-electron chi connectivity index (χ1n) is 7.79. The summed E-state index contributed by atoms with van der Waals surface area (Å²) in [7, 11) is 0. The lowest BCUT2D eigenvalue weighted by molar-refractivity contribution is -0.137. The highest BCUT2D eigenvalue weighted by molar-refractivity contribution is 5.93. The summed E-state index contributed by atoms with van der Waals surface area (Å²) in [5, 5.41) is 12.9. The molecule has 0 radical (unpaired) electrons. The minimum absolute atomic E-state index is 0.148. The first-order valence-corrected chi connectivity index (χ1v) is 7.79. The van der Waals surface area contributed by atoms with E-state index in [4.69, 9.17) is 14.6 Å². The molecule has 6 nitrogen and oxygen atoms in total. The molecule has 2 N–H and O–H groups in total. The van der Waals surface area contributed by atoms with Crippen molar-refractivity contribution in [2.75, 3.05) is 25.1 Å². The van der Waals surface area contributed by atoms with E-state index in [1.165, 1.54) is 0 Å². The first-order chi connectivity index (χ1) is 11.2. The van der Waals surface area contributed by atoms with E-state index in [0.29, 0.717) is 37.7 Å². The number of hydrogen-bond acceptors (Lipinski definition) is 5. The van der Waals surface area contributed by atoms with Gasteiger partial charge in [-0.25, -0.2) is 0 Å². The quantitative estimate of drug-likeness (QED) is 0.690. The van der Waals surface area contributed by atoms with E-state index in [1.54, 1.807) is 6.20 Å². The number of nitrogens with zero attached hydrogens (tertiary/aromatic N) is 1. The van der Waals surface area contributed by atoms with E-state index in [-0.39, 0.29) is 6.42 Å². The summed E-state index contributed by atoms with van der Waals surface area (Å²) in [6.07, 6.45) is 2.43. The van der Waals surface area contributed by atoms with Crippen LogP contribution in [0.5, 0.6) is 11.5 Å². The number of hydrogen-bond donors (Lipinski definition) is 2. The lowest BCUT2D eigenvalue weighted by atomic mass is 10.1. The smallest absolute Gasteiger partial charge is 0.303 e. The molecular formula is C17H22N2O4. The van der Waals surface area contributed by atoms with Crippen LogP contribution in [0.1, 0.15) is 26.7 Å². The Balaban J connectivity index is 2.27. The molecule has 2 rings (SSSR count). The van der Waals surface area contributed by atoms with Crippen LogP contribution in [0, 0.1) is 0 Å². The van der Waals surface area contributed by atoms with Gasteiger partial charge in [-0.2, -0.15) is 0 Å². The Morgan fingerprint density at radius 1 is 1.22 bits per heavy atom. The second-order valence-electron chi connectivity index (χ2n) is 4.96. The van der Waals surface area contributed by atoms with Crippen molar-refractivity contribution in [2.24, 2.45) is 0 Å². The van der Waals surface area contributed by atoms with Crippen molar-refractivity contribution in [1.29, 1.82) is 0 Å². The van der Waals surface area contributed by atoms with Gasteiger partial charge in [-0.05, 0) is 32.4 Å². The molecule has 1 aromatic carbocycles. The minimum atomic E-state index is -0.786. The number of carboxylic acid groups (broad SMARTS) is 1. The average Bonchev–Trinajstić information content (AvgIpc) is 2.52. The fourth-order valence-corrected chi connectivity index (χ4v) is 2.31. The van der Waals surface area contributed by atoms with E-state index >= 15 is 0 Å². The molecule has 1 heterocycles. The van der Waals surface area contributed by atoms with Crippen LogP contribution in [-0.2, 0) is 4.79 Å². The van der Waals surface area contributed by atoms with Gasteiger partial charge in [0, 0.05) is 36.3 Å². The van der Waals surface area contributed by atoms with Crippen molar-refractivity contribution >= 4 is 22.6 Å². The molecule has 0 fully saturated rings. The van der Waals surface area contributed by atoms with Crippen molar-refractivity contribution in [2.45, 2.75) is 26.7 Å². The molecule has 2 aromatic rings. The normalized spacial score (nSPS) is 10.5. The third kappa shape index (κ3) is 4.48. The molecule has 1 aromatic heterocycles. The SMILES string of the molecule is CCOc1cc2nccc(NCCCC(=O)O)c2cc1OCC. The van der Waals surface area contributed by atoms with Crippen molar-refractivity contribution in [3.63, 3.8) is 0 Å². The van der Waals surface area contributed by atoms with Crippen LogP contribution in [0.4, 0.5) is 5.69 Å². The summed E-state index contributed by atoms with van der Waals surface area (Å²) < 4.78 is 11.3. The Labute approximate surface area is 135 Å². The molecule has 124 valence electrons. The molecule has 0 atom stereocenters. The maximum Gasteiger partial charge on any atom is 0.303 e. The second kappa shape index (κ2) is 8.22. The lowest BCUT2D eigenvalue weighted by Crippen LogP contribution is -2.05. The minimum Gasteiger partial charge on any atom is -0.490 e. The maximum absolute atomic E-state index is 10.6. The number of anilines is 1. The molecule has 0 saturated carbocycles. The van der Waals surface area contributed by atoms with Crippen molar-refractivity contribution in [3.8, 4) is 11.5 Å². The molecule has 0 amide bonds. The van der Waals surface area contributed by atoms with E-state index < -0.39 is 5.97 Å². The molecule has 0 aliphatic carbocycles. The average molecular weight is 318 g/mol. The van der Waals surface area contributed by atoms with Crippen molar-refractivity contribution in [1.82, 2.24) is 4.98 Å². The molecule has 0 aliphatic heterocycles. The third-order valence-electron chi connectivity index (χ3n) is 3.29. The Morgan fingerprint density at radius 3 is 2.57 bits per heavy atom. The predicted molar refractivity (Wildman–Crippen MR) is 89.4 cm³/mol. The number of ether oxygens (including phenoxy) is 2. The zero-order valence-corrected chi connectivity index (χ0v) is 13.5. The second-order valence-corrected chi connectivity index (χ2v) is 4.96. The monoisotopic (exact) mass is 318 g/mol. The number of fused-ring (bicyclic) bond motifs is 1. The Morgan fingerprint density at radius 2 is 1.91 bits per heavy atom. The number of benzene rings is 1. The van der Waals surface area contributed by atoms with Crippen molar-refractivity contribution in [3.05, 3.63) is 24.4 Å². The summed E-state index contributed by atoms with van der Waals surface area (Å²) in [6, 6.07) is 5.65. The van der Waals surface area contributed by atoms with Gasteiger partial charge in [-0.15, -0.1) is 0 Å². The topological polar surface area (TPSA) is 80.7 Å². The lowest BCUT2D eigenvalue weighted by Gasteiger charge is -2.14. The van der Waals surface area contributed by atoms with Gasteiger partial charge < -0.3 is 19.9 Å². The molecule has 0 unspecified atom stereocenters. The Kier molecular flexibility index (Phi) is 6.02. The number of carbonyl (C=O) groups is 1. The van der Waals surface area contributed by atoms with Crippen LogP contribution in [-0.4, -0.2) is 35.8 Å². The van der Waals surface area contributed by atoms with Gasteiger partial charge in [0.2, 0.25) is 0 Å². The van der Waals surface area contributed by atoms with Gasteiger partial charge >= 0.3 is 5.97 Å². The highest BCUT2D eigenvalue weighted by atomic mass is 16.5. The fourth-order valence-electron chi connectivity index (χ4n) is 2.31. The van der Waals surface area contributed by atoms with Crippen LogP contribution < -0.4 is 14.8 Å². The number of rotatable bonds is 9. The van der Waals surface area contributed by atoms with Crippen LogP contribution >= 0.6 is 0 Å². The van der Waals surface area contributed by atoms with Gasteiger partial charge in [0.1, 0.15) is 0 Å². The molecule has 0 saturated heterocycles. The number of aliphatic carboxylic acids is 1. The summed E-state index contributed by atoms with van der Waals surface area (Å²) >= 11 is 0. The first kappa shape index (κ1) is 16.9. The van der Waals surface area contributed by atoms with Crippen LogP contribution in [0.15, 0.2) is 24.4 Å². The van der Waals surface area contributed by atoms with Crippen LogP contribution in [0.3, 0.4) is 0 Å². The van der Waals surface area contributed by atoms with E-state index in [1.807, 2.05) is 32.0 Å². The van der Waals surface area contributed by atoms with Gasteiger partial charge in [-0.1, -0.05) is 0 Å². The summed E-state index contributed by atoms with van der Waals surface area (Å²) in [5.41, 5.74) is 1.71. The number of nitrogens with one attached hydrogen (secondary N) is 1. The van der Waals surface area contributed by atoms with E-state index in [0.717, 1.165) is 16.6 Å². The van der Waals surface area contributed by atoms with Crippen LogP contribution in [0.25, 0.3) is 10.9 Å². The molecule has 6 heteroatoms.